The van der Waals surface area contributed by atoms with Gasteiger partial charge in [0.05, 0.1) is 6.26 Å². The summed E-state index contributed by atoms with van der Waals surface area (Å²) >= 11 is 1.86. The summed E-state index contributed by atoms with van der Waals surface area (Å²) in [5.41, 5.74) is 2.85. The summed E-state index contributed by atoms with van der Waals surface area (Å²) in [5, 5.41) is 0. The van der Waals surface area contributed by atoms with Crippen molar-refractivity contribution in [3.05, 3.63) is 0 Å². The van der Waals surface area contributed by atoms with Crippen LogP contribution in [-0.2, 0) is 10.0 Å². The van der Waals surface area contributed by atoms with Crippen LogP contribution in [0.5, 0.6) is 0 Å². The van der Waals surface area contributed by atoms with E-state index in [2.05, 4.69) is 12.3 Å². The van der Waals surface area contributed by atoms with Gasteiger partial charge < -0.3 is 0 Å². The zero-order valence-corrected chi connectivity index (χ0v) is 12.9. The molecule has 108 valence electrons. The summed E-state index contributed by atoms with van der Waals surface area (Å²) in [6.07, 6.45) is 4.30. The lowest BCUT2D eigenvalue weighted by Gasteiger charge is -2.32. The van der Waals surface area contributed by atoms with Crippen molar-refractivity contribution in [3.63, 3.8) is 0 Å². The second-order valence-corrected chi connectivity index (χ2v) is 8.19. The lowest BCUT2D eigenvalue weighted by Crippen LogP contribution is -2.44. The number of sulfonamides is 1. The second kappa shape index (κ2) is 7.69. The molecule has 3 N–H and O–H groups in total. The van der Waals surface area contributed by atoms with E-state index in [1.807, 2.05) is 11.8 Å². The largest absolute Gasteiger partial charge is 0.271 e. The van der Waals surface area contributed by atoms with E-state index in [0.29, 0.717) is 19.0 Å². The lowest BCUT2D eigenvalue weighted by molar-refractivity contribution is 0.242. The molecule has 0 radical (unpaired) electrons. The summed E-state index contributed by atoms with van der Waals surface area (Å²) in [5.74, 6) is 8.05. The van der Waals surface area contributed by atoms with Gasteiger partial charge in [-0.25, -0.2) is 12.7 Å². The third-order valence-electron chi connectivity index (χ3n) is 3.33. The molecule has 1 rings (SSSR count). The van der Waals surface area contributed by atoms with Gasteiger partial charge in [-0.15, -0.1) is 0 Å². The van der Waals surface area contributed by atoms with Gasteiger partial charge in [0.1, 0.15) is 0 Å². The maximum atomic E-state index is 11.5. The molecule has 0 aromatic heterocycles. The number of nitrogens with two attached hydrogens (primary N) is 1. The second-order valence-electron chi connectivity index (χ2n) is 4.89. The van der Waals surface area contributed by atoms with E-state index in [-0.39, 0.29) is 6.04 Å². The maximum absolute atomic E-state index is 11.5. The zero-order chi connectivity index (χ0) is 13.6. The van der Waals surface area contributed by atoms with Crippen molar-refractivity contribution in [2.24, 2.45) is 11.8 Å². The van der Waals surface area contributed by atoms with E-state index < -0.39 is 10.0 Å². The highest BCUT2D eigenvalue weighted by Crippen LogP contribution is 2.23. The number of rotatable bonds is 7. The van der Waals surface area contributed by atoms with Gasteiger partial charge in [-0.05, 0) is 30.9 Å². The molecule has 7 heteroatoms. The van der Waals surface area contributed by atoms with Crippen LogP contribution in [0.25, 0.3) is 0 Å². The molecule has 0 amide bonds. The normalized spacial score (nSPS) is 24.1. The van der Waals surface area contributed by atoms with Crippen LogP contribution in [0.1, 0.15) is 26.2 Å². The highest BCUT2D eigenvalue weighted by molar-refractivity contribution is 7.99. The van der Waals surface area contributed by atoms with Crippen LogP contribution in [0.3, 0.4) is 0 Å². The van der Waals surface area contributed by atoms with Crippen LogP contribution >= 0.6 is 11.8 Å². The van der Waals surface area contributed by atoms with Gasteiger partial charge >= 0.3 is 0 Å². The van der Waals surface area contributed by atoms with Gasteiger partial charge in [0.2, 0.25) is 10.0 Å². The van der Waals surface area contributed by atoms with Gasteiger partial charge in [0, 0.05) is 24.9 Å². The van der Waals surface area contributed by atoms with Crippen molar-refractivity contribution in [1.29, 1.82) is 0 Å². The van der Waals surface area contributed by atoms with Gasteiger partial charge in [0.15, 0.2) is 0 Å². The highest BCUT2D eigenvalue weighted by atomic mass is 32.2. The number of hydrogen-bond donors (Lipinski definition) is 2. The molecular formula is C11H25N3O2S2. The van der Waals surface area contributed by atoms with Gasteiger partial charge in [0.25, 0.3) is 0 Å². The van der Waals surface area contributed by atoms with Crippen LogP contribution in [0.4, 0.5) is 0 Å². The zero-order valence-electron chi connectivity index (χ0n) is 11.3. The minimum atomic E-state index is -3.04. The van der Waals surface area contributed by atoms with Gasteiger partial charge in [-0.3, -0.25) is 11.3 Å². The SMILES string of the molecule is CCSCC(CC1CCCN(S(C)(=O)=O)C1)NN. The standard InChI is InChI=1S/C11H25N3O2S2/c1-3-17-9-11(13-12)7-10-5-4-6-14(8-10)18(2,15)16/h10-11,13H,3-9,12H2,1-2H3. The van der Waals surface area contributed by atoms with Gasteiger partial charge in [-0.2, -0.15) is 11.8 Å². The van der Waals surface area contributed by atoms with Crippen molar-refractivity contribution >= 4 is 21.8 Å². The molecule has 1 heterocycles. The Morgan fingerprint density at radius 1 is 1.56 bits per heavy atom. The average Bonchev–Trinajstić information content (AvgIpc) is 2.33. The van der Waals surface area contributed by atoms with Crippen LogP contribution in [0.15, 0.2) is 0 Å². The van der Waals surface area contributed by atoms with E-state index in [4.69, 9.17) is 5.84 Å². The van der Waals surface area contributed by atoms with Gasteiger partial charge in [-0.1, -0.05) is 6.92 Å². The lowest BCUT2D eigenvalue weighted by atomic mass is 9.93. The van der Waals surface area contributed by atoms with E-state index in [9.17, 15) is 8.42 Å². The van der Waals surface area contributed by atoms with Crippen LogP contribution in [0.2, 0.25) is 0 Å². The van der Waals surface area contributed by atoms with Crippen molar-refractivity contribution in [2.75, 3.05) is 30.9 Å². The number of hydrazine groups is 1. The molecule has 2 unspecified atom stereocenters. The topological polar surface area (TPSA) is 75.4 Å². The quantitative estimate of drug-likeness (QED) is 0.532. The molecule has 0 spiro atoms. The molecule has 1 saturated heterocycles. The molecule has 5 nitrogen and oxygen atoms in total. The predicted molar refractivity (Wildman–Crippen MR) is 77.9 cm³/mol. The molecule has 0 aromatic rings. The molecule has 1 fully saturated rings. The van der Waals surface area contributed by atoms with Crippen molar-refractivity contribution in [2.45, 2.75) is 32.2 Å². The molecule has 1 aliphatic rings. The number of piperidine rings is 1. The Kier molecular flexibility index (Phi) is 6.94. The molecule has 0 saturated carbocycles. The van der Waals surface area contributed by atoms with Crippen molar-refractivity contribution in [3.8, 4) is 0 Å². The van der Waals surface area contributed by atoms with Crippen molar-refractivity contribution in [1.82, 2.24) is 9.73 Å². The number of thioether (sulfide) groups is 1. The number of nitrogens with one attached hydrogen (secondary N) is 1. The Morgan fingerprint density at radius 2 is 2.28 bits per heavy atom. The molecule has 2 atom stereocenters. The first-order chi connectivity index (χ1) is 8.47. The monoisotopic (exact) mass is 295 g/mol. The van der Waals surface area contributed by atoms with Crippen LogP contribution < -0.4 is 11.3 Å². The fourth-order valence-electron chi connectivity index (χ4n) is 2.37. The van der Waals surface area contributed by atoms with Crippen LogP contribution in [0, 0.1) is 5.92 Å². The Bertz CT molecular complexity index is 335. The van der Waals surface area contributed by atoms with E-state index in [1.54, 1.807) is 4.31 Å². The summed E-state index contributed by atoms with van der Waals surface area (Å²) < 4.78 is 24.7. The Hall–Kier alpha value is 0.180. The van der Waals surface area contributed by atoms with Crippen LogP contribution in [-0.4, -0.2) is 49.6 Å². The van der Waals surface area contributed by atoms with E-state index >= 15 is 0 Å². The Labute approximate surface area is 115 Å². The minimum Gasteiger partial charge on any atom is -0.271 e. The third-order valence-corrected chi connectivity index (χ3v) is 5.64. The fraction of sp³-hybridized carbons (Fsp3) is 1.00. The molecule has 0 bridgehead atoms. The first-order valence-corrected chi connectivity index (χ1v) is 9.46. The van der Waals surface area contributed by atoms with Crippen molar-refractivity contribution < 1.29 is 8.42 Å². The molecule has 0 aromatic carbocycles. The maximum Gasteiger partial charge on any atom is 0.211 e. The first-order valence-electron chi connectivity index (χ1n) is 6.46. The number of hydrogen-bond acceptors (Lipinski definition) is 5. The Balaban J connectivity index is 2.46. The van der Waals surface area contributed by atoms with E-state index in [0.717, 1.165) is 30.8 Å². The molecule has 0 aliphatic carbocycles. The fourth-order valence-corrected chi connectivity index (χ4v) is 4.06. The average molecular weight is 295 g/mol. The summed E-state index contributed by atoms with van der Waals surface area (Å²) in [7, 11) is -3.04. The molecule has 1 aliphatic heterocycles. The predicted octanol–water partition coefficient (Wildman–Crippen LogP) is 0.633. The summed E-state index contributed by atoms with van der Waals surface area (Å²) in [6, 6.07) is 0.277. The minimum absolute atomic E-state index is 0.277. The molecule has 18 heavy (non-hydrogen) atoms. The van der Waals surface area contributed by atoms with E-state index in [1.165, 1.54) is 6.26 Å². The summed E-state index contributed by atoms with van der Waals surface area (Å²) in [6.45, 7) is 3.44. The molecular weight excluding hydrogens is 270 g/mol. The first kappa shape index (κ1) is 16.2. The summed E-state index contributed by atoms with van der Waals surface area (Å²) in [4.78, 5) is 0. The smallest absolute Gasteiger partial charge is 0.211 e. The number of nitrogens with zero attached hydrogens (tertiary/aromatic N) is 1. The Morgan fingerprint density at radius 3 is 2.83 bits per heavy atom. The third kappa shape index (κ3) is 5.44. The highest BCUT2D eigenvalue weighted by Gasteiger charge is 2.27.